The topological polar surface area (TPSA) is 37.3 Å². The van der Waals surface area contributed by atoms with Gasteiger partial charge in [-0.05, 0) is 51.4 Å². The number of rotatable bonds is 18. The van der Waals surface area contributed by atoms with E-state index in [0.717, 1.165) is 44.9 Å². The van der Waals surface area contributed by atoms with Gasteiger partial charge in [-0.25, -0.2) is 0 Å². The maximum Gasteiger partial charge on any atom is 0.303 e. The third kappa shape index (κ3) is 22.4. The minimum Gasteiger partial charge on any atom is -0.481 e. The summed E-state index contributed by atoms with van der Waals surface area (Å²) in [6, 6.07) is 0. The first-order valence-electron chi connectivity index (χ1n) is 10.6. The molecule has 2 nitrogen and oxygen atoms in total. The van der Waals surface area contributed by atoms with E-state index in [4.69, 9.17) is 5.11 Å². The lowest BCUT2D eigenvalue weighted by Crippen LogP contribution is -1.93. The molecule has 0 unspecified atom stereocenters. The van der Waals surface area contributed by atoms with Crippen LogP contribution in [0.3, 0.4) is 0 Å². The minimum atomic E-state index is -0.675. The molecule has 0 aliphatic rings. The highest BCUT2D eigenvalue weighted by molar-refractivity contribution is 5.66. The zero-order valence-corrected chi connectivity index (χ0v) is 16.9. The highest BCUT2D eigenvalue weighted by Crippen LogP contribution is 2.08. The van der Waals surface area contributed by atoms with E-state index in [1.165, 1.54) is 38.5 Å². The fourth-order valence-corrected chi connectivity index (χ4v) is 2.63. The summed E-state index contributed by atoms with van der Waals surface area (Å²) in [5, 5.41) is 8.55. The molecule has 0 aliphatic carbocycles. The summed E-state index contributed by atoms with van der Waals surface area (Å²) < 4.78 is 0. The van der Waals surface area contributed by atoms with Gasteiger partial charge in [-0.2, -0.15) is 0 Å². The van der Waals surface area contributed by atoms with Gasteiger partial charge >= 0.3 is 5.97 Å². The molecule has 0 saturated heterocycles. The molecule has 0 saturated carbocycles. The van der Waals surface area contributed by atoms with E-state index in [1.807, 2.05) is 0 Å². The number of carbonyl (C=O) groups is 1. The van der Waals surface area contributed by atoms with Crippen molar-refractivity contribution in [1.29, 1.82) is 0 Å². The third-order valence-electron chi connectivity index (χ3n) is 4.22. The summed E-state index contributed by atoms with van der Waals surface area (Å²) in [6.07, 6.45) is 33.2. The van der Waals surface area contributed by atoms with Crippen LogP contribution in [0.4, 0.5) is 0 Å². The summed E-state index contributed by atoms with van der Waals surface area (Å²) in [6.45, 7) is 2.24. The Hall–Kier alpha value is -1.57. The zero-order valence-electron chi connectivity index (χ0n) is 16.9. The van der Waals surface area contributed by atoms with Crippen LogP contribution in [-0.4, -0.2) is 11.1 Å². The van der Waals surface area contributed by atoms with Crippen molar-refractivity contribution in [1.82, 2.24) is 0 Å². The van der Waals surface area contributed by atoms with Crippen LogP contribution in [0.1, 0.15) is 96.8 Å². The second-order valence-electron chi connectivity index (χ2n) is 6.79. The normalized spacial score (nSPS) is 12.3. The first-order valence-corrected chi connectivity index (χ1v) is 10.6. The average Bonchev–Trinajstić information content (AvgIpc) is 2.62. The number of aliphatic carboxylic acids is 1. The van der Waals surface area contributed by atoms with Gasteiger partial charge in [0, 0.05) is 6.42 Å². The van der Waals surface area contributed by atoms with Gasteiger partial charge in [0.2, 0.25) is 0 Å². The lowest BCUT2D eigenvalue weighted by atomic mass is 10.1. The molecule has 0 spiro atoms. The van der Waals surface area contributed by atoms with Gasteiger partial charge in [0.25, 0.3) is 0 Å². The smallest absolute Gasteiger partial charge is 0.303 e. The van der Waals surface area contributed by atoms with Crippen LogP contribution in [0.15, 0.2) is 48.6 Å². The molecule has 148 valence electrons. The standard InChI is InChI=1S/C24H40O2/c1-2-3-4-5-6-7-8-9-10-11-12-13-14-15-16-17-18-19-20-21-22-23-24(25)26/h6-7,9-10,12-13,15-16H,2-5,8,11,14,17-23H2,1H3,(H,25,26)/b7-6-,10-9-,13-12-,16-15-. The Morgan fingerprint density at radius 1 is 0.615 bits per heavy atom. The quantitative estimate of drug-likeness (QED) is 0.200. The molecule has 0 radical (unpaired) electrons. The summed E-state index contributed by atoms with van der Waals surface area (Å²) in [4.78, 5) is 10.4. The number of carboxylic acids is 1. The van der Waals surface area contributed by atoms with Crippen molar-refractivity contribution in [2.75, 3.05) is 0 Å². The largest absolute Gasteiger partial charge is 0.481 e. The molecule has 0 aliphatic heterocycles. The maximum atomic E-state index is 10.4. The highest BCUT2D eigenvalue weighted by atomic mass is 16.4. The summed E-state index contributed by atoms with van der Waals surface area (Å²) in [5.41, 5.74) is 0. The molecule has 0 amide bonds. The second-order valence-corrected chi connectivity index (χ2v) is 6.79. The molecule has 1 N–H and O–H groups in total. The molecule has 0 bridgehead atoms. The Morgan fingerprint density at radius 2 is 1.04 bits per heavy atom. The predicted octanol–water partition coefficient (Wildman–Crippen LogP) is 7.78. The lowest BCUT2D eigenvalue weighted by Gasteiger charge is -1.98. The van der Waals surface area contributed by atoms with Crippen LogP contribution in [0.25, 0.3) is 0 Å². The number of carboxylic acid groups (broad SMARTS) is 1. The minimum absolute atomic E-state index is 0.317. The van der Waals surface area contributed by atoms with Crippen LogP contribution in [-0.2, 0) is 4.79 Å². The van der Waals surface area contributed by atoms with E-state index in [9.17, 15) is 4.79 Å². The molecule has 0 atom stereocenters. The van der Waals surface area contributed by atoms with Crippen LogP contribution in [0.5, 0.6) is 0 Å². The molecule has 0 heterocycles. The fourth-order valence-electron chi connectivity index (χ4n) is 2.63. The first kappa shape index (κ1) is 24.4. The van der Waals surface area contributed by atoms with E-state index in [0.29, 0.717) is 6.42 Å². The average molecular weight is 361 g/mol. The van der Waals surface area contributed by atoms with Gasteiger partial charge in [0.05, 0.1) is 0 Å². The maximum absolute atomic E-state index is 10.4. The van der Waals surface area contributed by atoms with Crippen molar-refractivity contribution in [3.05, 3.63) is 48.6 Å². The molecule has 26 heavy (non-hydrogen) atoms. The molecule has 0 aromatic heterocycles. The lowest BCUT2D eigenvalue weighted by molar-refractivity contribution is -0.137. The zero-order chi connectivity index (χ0) is 19.1. The van der Waals surface area contributed by atoms with Gasteiger partial charge in [-0.3, -0.25) is 4.79 Å². The van der Waals surface area contributed by atoms with Crippen molar-refractivity contribution in [3.8, 4) is 0 Å². The van der Waals surface area contributed by atoms with Crippen molar-refractivity contribution >= 4 is 5.97 Å². The van der Waals surface area contributed by atoms with E-state index >= 15 is 0 Å². The molecule has 0 aromatic carbocycles. The van der Waals surface area contributed by atoms with Crippen LogP contribution in [0.2, 0.25) is 0 Å². The second kappa shape index (κ2) is 21.5. The molecule has 2 heteroatoms. The van der Waals surface area contributed by atoms with Gasteiger partial charge < -0.3 is 5.11 Å². The molecule has 0 aromatic rings. The number of hydrogen-bond acceptors (Lipinski definition) is 1. The predicted molar refractivity (Wildman–Crippen MR) is 115 cm³/mol. The molecule has 0 fully saturated rings. The molecule has 0 rings (SSSR count). The highest BCUT2D eigenvalue weighted by Gasteiger charge is 1.95. The number of hydrogen-bond donors (Lipinski definition) is 1. The van der Waals surface area contributed by atoms with Gasteiger partial charge in [0.15, 0.2) is 0 Å². The van der Waals surface area contributed by atoms with E-state index in [2.05, 4.69) is 55.5 Å². The monoisotopic (exact) mass is 360 g/mol. The Labute approximate surface area is 161 Å². The third-order valence-corrected chi connectivity index (χ3v) is 4.22. The van der Waals surface area contributed by atoms with Gasteiger partial charge in [0.1, 0.15) is 0 Å². The summed E-state index contributed by atoms with van der Waals surface area (Å²) >= 11 is 0. The van der Waals surface area contributed by atoms with Crippen LogP contribution in [0, 0.1) is 0 Å². The SMILES string of the molecule is CCCCC/C=C\C/C=C\C/C=C\C/C=C\CCCCCCCC(=O)O. The molecular weight excluding hydrogens is 320 g/mol. The Kier molecular flexibility index (Phi) is 20.2. The number of allylic oxidation sites excluding steroid dienone is 8. The Balaban J connectivity index is 3.34. The van der Waals surface area contributed by atoms with Gasteiger partial charge in [-0.15, -0.1) is 0 Å². The van der Waals surface area contributed by atoms with Crippen LogP contribution < -0.4 is 0 Å². The van der Waals surface area contributed by atoms with E-state index < -0.39 is 5.97 Å². The Morgan fingerprint density at radius 3 is 1.54 bits per heavy atom. The van der Waals surface area contributed by atoms with Crippen molar-refractivity contribution in [3.63, 3.8) is 0 Å². The Bertz CT molecular complexity index is 416. The van der Waals surface area contributed by atoms with E-state index in [1.54, 1.807) is 0 Å². The van der Waals surface area contributed by atoms with Crippen LogP contribution >= 0.6 is 0 Å². The first-order chi connectivity index (χ1) is 12.8. The van der Waals surface area contributed by atoms with Crippen molar-refractivity contribution < 1.29 is 9.90 Å². The van der Waals surface area contributed by atoms with Crippen molar-refractivity contribution in [2.24, 2.45) is 0 Å². The summed E-state index contributed by atoms with van der Waals surface area (Å²) in [7, 11) is 0. The molecular formula is C24H40O2. The number of unbranched alkanes of at least 4 members (excludes halogenated alkanes) is 8. The van der Waals surface area contributed by atoms with E-state index in [-0.39, 0.29) is 0 Å². The van der Waals surface area contributed by atoms with Crippen molar-refractivity contribution in [2.45, 2.75) is 96.8 Å². The summed E-state index contributed by atoms with van der Waals surface area (Å²) in [5.74, 6) is -0.675. The van der Waals surface area contributed by atoms with Gasteiger partial charge in [-0.1, -0.05) is 87.6 Å². The fraction of sp³-hybridized carbons (Fsp3) is 0.625.